The van der Waals surface area contributed by atoms with Crippen LogP contribution in [0, 0.1) is 23.2 Å². The highest BCUT2D eigenvalue weighted by Crippen LogP contribution is 2.61. The van der Waals surface area contributed by atoms with Crippen LogP contribution in [0.2, 0.25) is 0 Å². The Morgan fingerprint density at radius 2 is 1.77 bits per heavy atom. The van der Waals surface area contributed by atoms with Gasteiger partial charge in [0.05, 0.1) is 10.2 Å². The first-order chi connectivity index (χ1) is 14.2. The molecule has 30 heavy (non-hydrogen) atoms. The zero-order valence-corrected chi connectivity index (χ0v) is 18.9. The minimum absolute atomic E-state index is 0.00146. The van der Waals surface area contributed by atoms with Crippen molar-refractivity contribution in [2.75, 3.05) is 0 Å². The number of halogens is 4. The zero-order valence-electron chi connectivity index (χ0n) is 17.3. The van der Waals surface area contributed by atoms with Gasteiger partial charge in [0.15, 0.2) is 5.69 Å². The monoisotopic (exact) mass is 487 g/mol. The Balaban J connectivity index is 1.34. The fraction of sp³-hybridized carbons (Fsp3) is 0.818. The van der Waals surface area contributed by atoms with Crippen molar-refractivity contribution in [2.24, 2.45) is 23.2 Å². The van der Waals surface area contributed by atoms with E-state index in [1.807, 2.05) is 0 Å². The third-order valence-electron chi connectivity index (χ3n) is 8.03. The fourth-order valence-corrected chi connectivity index (χ4v) is 8.00. The molecule has 0 saturated heterocycles. The first kappa shape index (κ1) is 20.8. The van der Waals surface area contributed by atoms with Gasteiger partial charge in [-0.1, -0.05) is 6.92 Å². The summed E-state index contributed by atoms with van der Waals surface area (Å²) in [6, 6.07) is 0.101. The first-order valence-corrected chi connectivity index (χ1v) is 12.1. The van der Waals surface area contributed by atoms with E-state index in [-0.39, 0.29) is 34.3 Å². The lowest BCUT2D eigenvalue weighted by molar-refractivity contribution is -0.142. The van der Waals surface area contributed by atoms with E-state index in [0.29, 0.717) is 5.69 Å². The summed E-state index contributed by atoms with van der Waals surface area (Å²) in [7, 11) is 0. The Morgan fingerprint density at radius 1 is 1.20 bits per heavy atom. The van der Waals surface area contributed by atoms with Gasteiger partial charge in [-0.3, -0.25) is 9.48 Å². The van der Waals surface area contributed by atoms with E-state index in [1.54, 1.807) is 0 Å². The van der Waals surface area contributed by atoms with Crippen molar-refractivity contribution in [3.05, 3.63) is 15.9 Å². The van der Waals surface area contributed by atoms with Crippen molar-refractivity contribution in [2.45, 2.75) is 89.4 Å². The van der Waals surface area contributed by atoms with E-state index < -0.39 is 11.9 Å². The van der Waals surface area contributed by atoms with Gasteiger partial charge in [-0.25, -0.2) is 0 Å². The Bertz CT molecular complexity index is 810. The summed E-state index contributed by atoms with van der Waals surface area (Å²) < 4.78 is 41.3. The third kappa shape index (κ3) is 3.61. The maximum absolute atomic E-state index is 13.3. The van der Waals surface area contributed by atoms with Crippen LogP contribution in [0.4, 0.5) is 13.2 Å². The van der Waals surface area contributed by atoms with Gasteiger partial charge in [0, 0.05) is 12.0 Å². The van der Waals surface area contributed by atoms with Crippen LogP contribution in [0.5, 0.6) is 0 Å². The number of hydrogen-bond acceptors (Lipinski definition) is 2. The second kappa shape index (κ2) is 7.24. The van der Waals surface area contributed by atoms with Gasteiger partial charge in [-0.05, 0) is 96.9 Å². The molecule has 1 amide bonds. The molecule has 1 aromatic heterocycles. The highest BCUT2D eigenvalue weighted by Gasteiger charge is 2.54. The van der Waals surface area contributed by atoms with Crippen LogP contribution >= 0.6 is 15.9 Å². The van der Waals surface area contributed by atoms with Crippen molar-refractivity contribution in [3.8, 4) is 0 Å². The highest BCUT2D eigenvalue weighted by molar-refractivity contribution is 9.10. The SMILES string of the molecule is CCC(NC(=O)Cn1nc(C(F)(F)F)c(Br)c1C1CC1)C12CC3CC(CC(C3)C1)C2. The number of carbonyl (C=O) groups excluding carboxylic acids is 1. The minimum atomic E-state index is -4.53. The topological polar surface area (TPSA) is 46.9 Å². The Kier molecular flexibility index (Phi) is 5.03. The summed E-state index contributed by atoms with van der Waals surface area (Å²) in [5, 5.41) is 7.02. The lowest BCUT2D eigenvalue weighted by Crippen LogP contribution is -2.57. The van der Waals surface area contributed by atoms with Crippen LogP contribution in [-0.4, -0.2) is 21.7 Å². The van der Waals surface area contributed by atoms with Crippen molar-refractivity contribution in [1.29, 1.82) is 0 Å². The van der Waals surface area contributed by atoms with E-state index in [1.165, 1.54) is 43.2 Å². The van der Waals surface area contributed by atoms with Gasteiger partial charge < -0.3 is 5.32 Å². The molecule has 5 aliphatic carbocycles. The molecule has 1 N–H and O–H groups in total. The molecule has 5 aliphatic rings. The summed E-state index contributed by atoms with van der Waals surface area (Å²) in [5.41, 5.74) is -0.231. The molecule has 0 radical (unpaired) electrons. The normalized spacial score (nSPS) is 33.7. The number of nitrogens with zero attached hydrogens (tertiary/aromatic N) is 2. The van der Waals surface area contributed by atoms with E-state index in [9.17, 15) is 18.0 Å². The molecule has 4 bridgehead atoms. The lowest BCUT2D eigenvalue weighted by atomic mass is 9.47. The zero-order chi connectivity index (χ0) is 21.3. The molecule has 4 nitrogen and oxygen atoms in total. The van der Waals surface area contributed by atoms with Crippen LogP contribution in [0.1, 0.15) is 82.0 Å². The molecule has 5 saturated carbocycles. The fourth-order valence-electron chi connectivity index (χ4n) is 7.17. The molecular formula is C22H29BrF3N3O. The highest BCUT2D eigenvalue weighted by atomic mass is 79.9. The smallest absolute Gasteiger partial charge is 0.351 e. The van der Waals surface area contributed by atoms with E-state index >= 15 is 0 Å². The van der Waals surface area contributed by atoms with E-state index in [2.05, 4.69) is 33.3 Å². The summed E-state index contributed by atoms with van der Waals surface area (Å²) >= 11 is 3.11. The molecule has 166 valence electrons. The predicted octanol–water partition coefficient (Wildman–Crippen LogP) is 5.65. The first-order valence-electron chi connectivity index (χ1n) is 11.3. The van der Waals surface area contributed by atoms with Gasteiger partial charge in [-0.15, -0.1) is 0 Å². The molecule has 8 heteroatoms. The van der Waals surface area contributed by atoms with Gasteiger partial charge in [-0.2, -0.15) is 18.3 Å². The summed E-state index contributed by atoms with van der Waals surface area (Å²) in [4.78, 5) is 13.0. The van der Waals surface area contributed by atoms with Crippen LogP contribution in [0.25, 0.3) is 0 Å². The third-order valence-corrected chi connectivity index (χ3v) is 8.81. The van der Waals surface area contributed by atoms with Crippen LogP contribution in [0.3, 0.4) is 0 Å². The summed E-state index contributed by atoms with van der Waals surface area (Å²) in [5.74, 6) is 2.21. The summed E-state index contributed by atoms with van der Waals surface area (Å²) in [6.45, 7) is 1.97. The molecule has 1 unspecified atom stereocenters. The number of hydrogen-bond donors (Lipinski definition) is 1. The molecule has 5 fully saturated rings. The number of carbonyl (C=O) groups is 1. The molecule has 1 aromatic rings. The molecule has 6 rings (SSSR count). The molecule has 1 atom stereocenters. The standard InChI is InChI=1S/C22H29BrF3N3O/c1-2-16(21-8-12-5-13(9-21)7-14(6-12)10-21)27-17(30)11-29-19(15-3-4-15)18(23)20(28-29)22(24,25)26/h12-16H,2-11H2,1H3,(H,27,30). The van der Waals surface area contributed by atoms with Crippen molar-refractivity contribution >= 4 is 21.8 Å². The summed E-state index contributed by atoms with van der Waals surface area (Å²) in [6.07, 6.45) is 5.62. The van der Waals surface area contributed by atoms with Crippen molar-refractivity contribution < 1.29 is 18.0 Å². The number of amides is 1. The maximum atomic E-state index is 13.3. The Hall–Kier alpha value is -1.05. The quantitative estimate of drug-likeness (QED) is 0.563. The maximum Gasteiger partial charge on any atom is 0.436 e. The van der Waals surface area contributed by atoms with Crippen molar-refractivity contribution in [1.82, 2.24) is 15.1 Å². The van der Waals surface area contributed by atoms with Crippen LogP contribution < -0.4 is 5.32 Å². The average Bonchev–Trinajstić information content (AvgIpc) is 3.41. The lowest BCUT2D eigenvalue weighted by Gasteiger charge is -2.59. The molecule has 0 spiro atoms. The molecule has 0 aliphatic heterocycles. The number of nitrogens with one attached hydrogen (secondary N) is 1. The Labute approximate surface area is 183 Å². The number of alkyl halides is 3. The molecule has 1 heterocycles. The second-order valence-corrected chi connectivity index (χ2v) is 11.1. The number of aromatic nitrogens is 2. The minimum Gasteiger partial charge on any atom is -0.351 e. The predicted molar refractivity (Wildman–Crippen MR) is 110 cm³/mol. The van der Waals surface area contributed by atoms with Crippen LogP contribution in [0.15, 0.2) is 4.47 Å². The van der Waals surface area contributed by atoms with Gasteiger partial charge >= 0.3 is 6.18 Å². The largest absolute Gasteiger partial charge is 0.436 e. The van der Waals surface area contributed by atoms with Gasteiger partial charge in [0.25, 0.3) is 0 Å². The average molecular weight is 488 g/mol. The molecule has 0 aromatic carbocycles. The van der Waals surface area contributed by atoms with E-state index in [0.717, 1.165) is 37.0 Å². The van der Waals surface area contributed by atoms with Crippen molar-refractivity contribution in [3.63, 3.8) is 0 Å². The van der Waals surface area contributed by atoms with E-state index in [4.69, 9.17) is 0 Å². The second-order valence-electron chi connectivity index (χ2n) is 10.3. The van der Waals surface area contributed by atoms with Crippen LogP contribution in [-0.2, 0) is 17.5 Å². The van der Waals surface area contributed by atoms with Gasteiger partial charge in [0.1, 0.15) is 6.54 Å². The molecular weight excluding hydrogens is 459 g/mol. The number of rotatable bonds is 6. The Morgan fingerprint density at radius 3 is 2.23 bits per heavy atom. The van der Waals surface area contributed by atoms with Gasteiger partial charge in [0.2, 0.25) is 5.91 Å².